The van der Waals surface area contributed by atoms with Crippen LogP contribution in [-0.4, -0.2) is 16.6 Å². The number of nitrogens with zero attached hydrogens (tertiary/aromatic N) is 2. The minimum atomic E-state index is -0.444. The van der Waals surface area contributed by atoms with Crippen molar-refractivity contribution in [1.29, 1.82) is 0 Å². The summed E-state index contributed by atoms with van der Waals surface area (Å²) < 4.78 is 0. The maximum Gasteiger partial charge on any atom is 0.255 e. The molecule has 0 saturated carbocycles. The van der Waals surface area contributed by atoms with E-state index in [1.165, 1.54) is 0 Å². The Kier molecular flexibility index (Phi) is 3.94. The summed E-state index contributed by atoms with van der Waals surface area (Å²) in [5, 5.41) is 12.2. The summed E-state index contributed by atoms with van der Waals surface area (Å²) in [6, 6.07) is 6.99. The van der Waals surface area contributed by atoms with Crippen LogP contribution in [0.3, 0.4) is 0 Å². The summed E-state index contributed by atoms with van der Waals surface area (Å²) in [5.74, 6) is 2.46. The highest BCUT2D eigenvalue weighted by Gasteiger charge is 2.39. The second kappa shape index (κ2) is 6.05. The average Bonchev–Trinajstić information content (AvgIpc) is 3.32. The number of aromatic nitrogens is 1. The Morgan fingerprint density at radius 1 is 1.30 bits per heavy atom. The van der Waals surface area contributed by atoms with Gasteiger partial charge in [-0.3, -0.25) is 9.59 Å². The first-order valence-electron chi connectivity index (χ1n) is 7.41. The topological polar surface area (TPSA) is 86.7 Å². The first kappa shape index (κ1) is 15.0. The first-order valence-corrected chi connectivity index (χ1v) is 7.41. The summed E-state index contributed by atoms with van der Waals surface area (Å²) in [7, 11) is 0. The van der Waals surface area contributed by atoms with Crippen LogP contribution in [0, 0.1) is 12.3 Å². The summed E-state index contributed by atoms with van der Waals surface area (Å²) in [4.78, 5) is 26.3. The molecule has 23 heavy (non-hydrogen) atoms. The van der Waals surface area contributed by atoms with Crippen molar-refractivity contribution in [3.05, 3.63) is 40.8 Å². The number of anilines is 1. The molecular weight excluding hydrogens is 292 g/mol. The van der Waals surface area contributed by atoms with Gasteiger partial charge in [0.2, 0.25) is 5.91 Å². The van der Waals surface area contributed by atoms with Gasteiger partial charge in [0.1, 0.15) is 0 Å². The second-order valence-corrected chi connectivity index (χ2v) is 5.54. The molecule has 1 aromatic heterocycles. The van der Waals surface area contributed by atoms with Crippen LogP contribution in [-0.2, 0) is 4.79 Å². The van der Waals surface area contributed by atoms with E-state index in [-0.39, 0.29) is 11.5 Å². The number of carbonyl (C=O) groups is 1. The number of hydrogen-bond donors (Lipinski definition) is 2. The van der Waals surface area contributed by atoms with E-state index in [2.05, 4.69) is 26.4 Å². The highest BCUT2D eigenvalue weighted by Crippen LogP contribution is 2.37. The lowest BCUT2D eigenvalue weighted by Crippen LogP contribution is -2.17. The Labute approximate surface area is 133 Å². The Morgan fingerprint density at radius 2 is 2.13 bits per heavy atom. The molecule has 1 aliphatic rings. The van der Waals surface area contributed by atoms with Gasteiger partial charge in [-0.1, -0.05) is 0 Å². The van der Waals surface area contributed by atoms with Crippen LogP contribution in [0.2, 0.25) is 0 Å². The van der Waals surface area contributed by atoms with Gasteiger partial charge in [0, 0.05) is 43.0 Å². The predicted octanol–water partition coefficient (Wildman–Crippen LogP) is 2.82. The molecule has 0 fully saturated rings. The number of amides is 1. The molecule has 116 valence electrons. The van der Waals surface area contributed by atoms with E-state index in [1.807, 2.05) is 0 Å². The van der Waals surface area contributed by atoms with Crippen LogP contribution in [0.25, 0.3) is 10.8 Å². The average molecular weight is 308 g/mol. The van der Waals surface area contributed by atoms with E-state index >= 15 is 0 Å². The van der Waals surface area contributed by atoms with Gasteiger partial charge in [-0.2, -0.15) is 10.2 Å². The fraction of sp³-hybridized carbons (Fsp3) is 0.294. The number of fused-ring (bicyclic) bond motifs is 1. The SMILES string of the molecule is C#CCCC1(CCC(=O)Nc2ccc3c(=O)[nH]ccc3c2)N=N1. The van der Waals surface area contributed by atoms with Crippen molar-refractivity contribution in [2.75, 3.05) is 5.32 Å². The third-order valence-corrected chi connectivity index (χ3v) is 3.86. The van der Waals surface area contributed by atoms with Gasteiger partial charge < -0.3 is 10.3 Å². The number of aromatic amines is 1. The molecule has 0 unspecified atom stereocenters. The third-order valence-electron chi connectivity index (χ3n) is 3.86. The lowest BCUT2D eigenvalue weighted by Gasteiger charge is -2.09. The van der Waals surface area contributed by atoms with Crippen LogP contribution in [0.4, 0.5) is 5.69 Å². The minimum absolute atomic E-state index is 0.105. The van der Waals surface area contributed by atoms with E-state index in [4.69, 9.17) is 6.42 Å². The molecule has 0 aliphatic carbocycles. The Morgan fingerprint density at radius 3 is 2.87 bits per heavy atom. The zero-order valence-electron chi connectivity index (χ0n) is 12.5. The molecule has 0 radical (unpaired) electrons. The highest BCUT2D eigenvalue weighted by molar-refractivity contribution is 5.94. The van der Waals surface area contributed by atoms with Gasteiger partial charge in [0.25, 0.3) is 5.56 Å². The molecule has 0 spiro atoms. The molecule has 0 atom stereocenters. The standard InChI is InChI=1S/C17H16N4O2/c1-2-3-8-17(20-21-17)9-6-15(22)19-13-4-5-14-12(11-13)7-10-18-16(14)23/h1,4-5,7,10-11H,3,6,8-9H2,(H,18,23)(H,19,22). The van der Waals surface area contributed by atoms with Crippen molar-refractivity contribution in [1.82, 2.24) is 4.98 Å². The van der Waals surface area contributed by atoms with Gasteiger partial charge in [-0.05, 0) is 29.7 Å². The molecule has 2 heterocycles. The van der Waals surface area contributed by atoms with Crippen LogP contribution >= 0.6 is 0 Å². The maximum absolute atomic E-state index is 12.1. The van der Waals surface area contributed by atoms with E-state index in [1.54, 1.807) is 30.5 Å². The van der Waals surface area contributed by atoms with Crippen molar-refractivity contribution in [2.24, 2.45) is 10.2 Å². The Balaban J connectivity index is 1.60. The maximum atomic E-state index is 12.1. The van der Waals surface area contributed by atoms with Crippen molar-refractivity contribution < 1.29 is 4.79 Å². The summed E-state index contributed by atoms with van der Waals surface area (Å²) in [6.07, 6.45) is 9.01. The molecule has 1 aromatic carbocycles. The molecule has 0 saturated heterocycles. The largest absolute Gasteiger partial charge is 0.329 e. The Hall–Kier alpha value is -2.94. The molecule has 2 N–H and O–H groups in total. The summed E-state index contributed by atoms with van der Waals surface area (Å²) >= 11 is 0. The van der Waals surface area contributed by atoms with E-state index in [0.717, 1.165) is 5.39 Å². The van der Waals surface area contributed by atoms with Crippen molar-refractivity contribution >= 4 is 22.4 Å². The molecule has 6 heteroatoms. The van der Waals surface area contributed by atoms with E-state index in [9.17, 15) is 9.59 Å². The lowest BCUT2D eigenvalue weighted by atomic mass is 10.0. The number of benzene rings is 1. The molecular formula is C17H16N4O2. The van der Waals surface area contributed by atoms with Gasteiger partial charge in [-0.25, -0.2) is 0 Å². The second-order valence-electron chi connectivity index (χ2n) is 5.54. The Bertz CT molecular complexity index is 870. The molecule has 1 amide bonds. The quantitative estimate of drug-likeness (QED) is 0.804. The fourth-order valence-corrected chi connectivity index (χ4v) is 2.48. The normalized spacial score (nSPS) is 14.4. The van der Waals surface area contributed by atoms with Crippen LogP contribution in [0.1, 0.15) is 25.7 Å². The van der Waals surface area contributed by atoms with Crippen molar-refractivity contribution in [3.8, 4) is 12.3 Å². The number of pyridine rings is 1. The minimum Gasteiger partial charge on any atom is -0.329 e. The van der Waals surface area contributed by atoms with Crippen molar-refractivity contribution in [2.45, 2.75) is 31.3 Å². The first-order chi connectivity index (χ1) is 11.1. The van der Waals surface area contributed by atoms with Crippen LogP contribution in [0.5, 0.6) is 0 Å². The molecule has 2 aromatic rings. The monoisotopic (exact) mass is 308 g/mol. The molecule has 6 nitrogen and oxygen atoms in total. The number of carbonyl (C=O) groups excluding carboxylic acids is 1. The van der Waals surface area contributed by atoms with Gasteiger partial charge >= 0.3 is 0 Å². The predicted molar refractivity (Wildman–Crippen MR) is 88.1 cm³/mol. The van der Waals surface area contributed by atoms with E-state index < -0.39 is 5.66 Å². The molecule has 3 rings (SSSR count). The highest BCUT2D eigenvalue weighted by atomic mass is 16.1. The lowest BCUT2D eigenvalue weighted by molar-refractivity contribution is -0.116. The fourth-order valence-electron chi connectivity index (χ4n) is 2.48. The number of rotatable bonds is 6. The number of terminal acetylenes is 1. The van der Waals surface area contributed by atoms with Crippen molar-refractivity contribution in [3.63, 3.8) is 0 Å². The molecule has 0 bridgehead atoms. The van der Waals surface area contributed by atoms with E-state index in [0.29, 0.717) is 36.8 Å². The summed E-state index contributed by atoms with van der Waals surface area (Å²) in [5.41, 5.74) is 0.0728. The number of nitrogens with one attached hydrogen (secondary N) is 2. The summed E-state index contributed by atoms with van der Waals surface area (Å²) in [6.45, 7) is 0. The van der Waals surface area contributed by atoms with Gasteiger partial charge in [0.05, 0.1) is 0 Å². The number of hydrogen-bond acceptors (Lipinski definition) is 4. The van der Waals surface area contributed by atoms with Crippen LogP contribution < -0.4 is 10.9 Å². The van der Waals surface area contributed by atoms with Crippen LogP contribution in [0.15, 0.2) is 45.5 Å². The van der Waals surface area contributed by atoms with Gasteiger partial charge in [0.15, 0.2) is 5.66 Å². The zero-order chi connectivity index (χ0) is 16.3. The number of H-pyrrole nitrogens is 1. The third kappa shape index (κ3) is 3.46. The smallest absolute Gasteiger partial charge is 0.255 e. The molecule has 1 aliphatic heterocycles. The van der Waals surface area contributed by atoms with Gasteiger partial charge in [-0.15, -0.1) is 12.3 Å². The zero-order valence-corrected chi connectivity index (χ0v) is 12.5.